The van der Waals surface area contributed by atoms with Crippen LogP contribution in [0.25, 0.3) is 6.08 Å². The van der Waals surface area contributed by atoms with Crippen molar-refractivity contribution >= 4 is 23.6 Å². The Balaban J connectivity index is 1.57. The number of benzene rings is 3. The third kappa shape index (κ3) is 8.17. The Bertz CT molecular complexity index is 1380. The Morgan fingerprint density at radius 1 is 1.05 bits per heavy atom. The van der Waals surface area contributed by atoms with Crippen LogP contribution in [0.5, 0.6) is 5.75 Å². The average molecular weight is 538 g/mol. The molecule has 3 aromatic rings. The first-order valence-corrected chi connectivity index (χ1v) is 13.8. The summed E-state index contributed by atoms with van der Waals surface area (Å²) in [6, 6.07) is 23.5. The summed E-state index contributed by atoms with van der Waals surface area (Å²) in [6.45, 7) is 7.55. The summed E-state index contributed by atoms with van der Waals surface area (Å²) >= 11 is 0. The molecule has 1 unspecified atom stereocenters. The highest BCUT2D eigenvalue weighted by Crippen LogP contribution is 2.24. The number of rotatable bonds is 9. The molecule has 0 fully saturated rings. The van der Waals surface area contributed by atoms with E-state index in [2.05, 4.69) is 32.0 Å². The van der Waals surface area contributed by atoms with E-state index in [-0.39, 0.29) is 24.4 Å². The highest BCUT2D eigenvalue weighted by molar-refractivity contribution is 6.06. The summed E-state index contributed by atoms with van der Waals surface area (Å²) in [5.41, 5.74) is 11.1. The van der Waals surface area contributed by atoms with Crippen LogP contribution in [-0.4, -0.2) is 42.4 Å². The first-order valence-electron chi connectivity index (χ1n) is 13.8. The molecule has 0 aromatic heterocycles. The van der Waals surface area contributed by atoms with Gasteiger partial charge in [-0.05, 0) is 54.2 Å². The fraction of sp³-hybridized carbons (Fsp3) is 0.294. The number of hydrogen-bond acceptors (Lipinski definition) is 4. The fourth-order valence-electron chi connectivity index (χ4n) is 4.63. The van der Waals surface area contributed by atoms with Gasteiger partial charge in [0.05, 0.1) is 0 Å². The summed E-state index contributed by atoms with van der Waals surface area (Å²) in [4.78, 5) is 30.2. The van der Waals surface area contributed by atoms with Gasteiger partial charge in [0.1, 0.15) is 18.9 Å². The highest BCUT2D eigenvalue weighted by atomic mass is 16.5. The summed E-state index contributed by atoms with van der Waals surface area (Å²) in [6.07, 6.45) is 8.02. The molecule has 0 saturated carbocycles. The normalized spacial score (nSPS) is 15.3. The van der Waals surface area contributed by atoms with Gasteiger partial charge in [0.25, 0.3) is 5.91 Å². The molecule has 2 amide bonds. The summed E-state index contributed by atoms with van der Waals surface area (Å²) < 4.78 is 6.06. The van der Waals surface area contributed by atoms with Gasteiger partial charge in [-0.2, -0.15) is 0 Å². The summed E-state index contributed by atoms with van der Waals surface area (Å²) in [5.74, 6) is 0.567. The molecule has 6 heteroatoms. The van der Waals surface area contributed by atoms with Crippen molar-refractivity contribution in [2.24, 2.45) is 5.73 Å². The molecule has 1 heterocycles. The van der Waals surface area contributed by atoms with E-state index in [0.717, 1.165) is 17.5 Å². The zero-order valence-electron chi connectivity index (χ0n) is 23.6. The molecule has 208 valence electrons. The van der Waals surface area contributed by atoms with Crippen LogP contribution in [0, 0.1) is 6.92 Å². The predicted molar refractivity (Wildman–Crippen MR) is 162 cm³/mol. The van der Waals surface area contributed by atoms with Crippen LogP contribution < -0.4 is 15.4 Å². The number of ether oxygens (including phenoxy) is 1. The van der Waals surface area contributed by atoms with E-state index >= 15 is 0 Å². The third-order valence-electron chi connectivity index (χ3n) is 6.91. The van der Waals surface area contributed by atoms with E-state index in [1.807, 2.05) is 73.7 Å². The molecule has 2 N–H and O–H groups in total. The van der Waals surface area contributed by atoms with Crippen molar-refractivity contribution in [2.45, 2.75) is 45.8 Å². The first-order chi connectivity index (χ1) is 19.3. The third-order valence-corrected chi connectivity index (χ3v) is 6.91. The van der Waals surface area contributed by atoms with Gasteiger partial charge in [-0.15, -0.1) is 0 Å². The van der Waals surface area contributed by atoms with Gasteiger partial charge in [-0.1, -0.05) is 86.2 Å². The molecular formula is C34H39N3O3. The monoisotopic (exact) mass is 537 g/mol. The number of anilines is 1. The predicted octanol–water partition coefficient (Wildman–Crippen LogP) is 5.86. The molecule has 40 heavy (non-hydrogen) atoms. The van der Waals surface area contributed by atoms with Crippen LogP contribution in [0.1, 0.15) is 48.4 Å². The van der Waals surface area contributed by atoms with Crippen LogP contribution in [0.15, 0.2) is 91.0 Å². The van der Waals surface area contributed by atoms with E-state index < -0.39 is 0 Å². The maximum atomic E-state index is 13.6. The lowest BCUT2D eigenvalue weighted by molar-refractivity contribution is -0.130. The molecule has 1 aliphatic heterocycles. The van der Waals surface area contributed by atoms with Crippen LogP contribution in [0.2, 0.25) is 0 Å². The van der Waals surface area contributed by atoms with Gasteiger partial charge < -0.3 is 15.4 Å². The topological polar surface area (TPSA) is 75.9 Å². The number of amides is 2. The molecule has 6 nitrogen and oxygen atoms in total. The molecule has 0 aliphatic carbocycles. The highest BCUT2D eigenvalue weighted by Gasteiger charge is 2.23. The second-order valence-electron chi connectivity index (χ2n) is 10.6. The van der Waals surface area contributed by atoms with Gasteiger partial charge in [0.2, 0.25) is 5.91 Å². The number of nitrogens with zero attached hydrogens (tertiary/aromatic N) is 2. The van der Waals surface area contributed by atoms with E-state index in [9.17, 15) is 9.59 Å². The lowest BCUT2D eigenvalue weighted by atomic mass is 10.0. The van der Waals surface area contributed by atoms with Gasteiger partial charge in [-0.3, -0.25) is 14.5 Å². The summed E-state index contributed by atoms with van der Waals surface area (Å²) in [7, 11) is 0. The van der Waals surface area contributed by atoms with Crippen molar-refractivity contribution < 1.29 is 14.3 Å². The molecule has 0 bridgehead atoms. The first kappa shape index (κ1) is 28.8. The summed E-state index contributed by atoms with van der Waals surface area (Å²) in [5, 5.41) is 0. The Hall–Kier alpha value is -4.16. The van der Waals surface area contributed by atoms with Crippen molar-refractivity contribution in [3.63, 3.8) is 0 Å². The van der Waals surface area contributed by atoms with Gasteiger partial charge in [0, 0.05) is 37.0 Å². The molecule has 3 aromatic carbocycles. The zero-order chi connectivity index (χ0) is 28.5. The molecule has 4 rings (SSSR count). The van der Waals surface area contributed by atoms with Gasteiger partial charge in [-0.25, -0.2) is 0 Å². The number of aryl methyl sites for hydroxylation is 1. The molecule has 0 radical (unpaired) electrons. The van der Waals surface area contributed by atoms with Crippen molar-refractivity contribution in [2.75, 3.05) is 24.5 Å². The quantitative estimate of drug-likeness (QED) is 0.274. The van der Waals surface area contributed by atoms with E-state index in [1.165, 1.54) is 22.1 Å². The lowest BCUT2D eigenvalue weighted by Crippen LogP contribution is -2.46. The van der Waals surface area contributed by atoms with Crippen LogP contribution in [0.3, 0.4) is 0 Å². The van der Waals surface area contributed by atoms with Crippen LogP contribution in [0.4, 0.5) is 5.69 Å². The van der Waals surface area contributed by atoms with Gasteiger partial charge >= 0.3 is 0 Å². The maximum absolute atomic E-state index is 13.6. The Labute approximate surface area is 237 Å². The second kappa shape index (κ2) is 13.8. The van der Waals surface area contributed by atoms with Crippen molar-refractivity contribution in [3.8, 4) is 5.75 Å². The molecule has 0 saturated heterocycles. The van der Waals surface area contributed by atoms with E-state index in [4.69, 9.17) is 10.5 Å². The Morgan fingerprint density at radius 2 is 1.85 bits per heavy atom. The van der Waals surface area contributed by atoms with E-state index in [1.54, 1.807) is 11.0 Å². The van der Waals surface area contributed by atoms with E-state index in [0.29, 0.717) is 37.1 Å². The van der Waals surface area contributed by atoms with Crippen LogP contribution in [-0.2, 0) is 16.2 Å². The lowest BCUT2D eigenvalue weighted by Gasteiger charge is -2.27. The Morgan fingerprint density at radius 3 is 2.65 bits per heavy atom. The van der Waals surface area contributed by atoms with Crippen molar-refractivity contribution in [3.05, 3.63) is 113 Å². The Kier molecular flexibility index (Phi) is 9.92. The maximum Gasteiger partial charge on any atom is 0.251 e. The minimum Gasteiger partial charge on any atom is -0.489 e. The largest absolute Gasteiger partial charge is 0.489 e. The van der Waals surface area contributed by atoms with Crippen molar-refractivity contribution in [1.82, 2.24) is 4.90 Å². The molecule has 1 atom stereocenters. The number of carbonyl (C=O) groups is 2. The van der Waals surface area contributed by atoms with Gasteiger partial charge in [0.15, 0.2) is 0 Å². The molecule has 1 aliphatic rings. The average Bonchev–Trinajstić information content (AvgIpc) is 3.18. The SMILES string of the molecule is Cc1cccc(COc2cccc(N(CC(=O)N3CC=CCC(N)C3)C(=O)/C=C/c3cccc(C(C)C)c3)c2)c1. The minimum absolute atomic E-state index is 0.100. The standard InChI is InChI=1S/C34H39N3O3/c1-25(2)29-12-7-10-27(20-29)16-17-33(38)37(23-34(39)36-18-5-4-13-30(35)22-36)31-14-8-15-32(21-31)40-24-28-11-6-9-26(3)19-28/h4-12,14-17,19-21,25,30H,13,18,22-24,35H2,1-3H3/b17-16+. The molecular weight excluding hydrogens is 498 g/mol. The molecule has 0 spiro atoms. The number of nitrogens with two attached hydrogens (primary N) is 1. The number of hydrogen-bond donors (Lipinski definition) is 1. The second-order valence-corrected chi connectivity index (χ2v) is 10.6. The fourth-order valence-corrected chi connectivity index (χ4v) is 4.63. The smallest absolute Gasteiger partial charge is 0.251 e. The van der Waals surface area contributed by atoms with Crippen molar-refractivity contribution in [1.29, 1.82) is 0 Å². The minimum atomic E-state index is -0.284. The zero-order valence-corrected chi connectivity index (χ0v) is 23.6. The van der Waals surface area contributed by atoms with Crippen LogP contribution >= 0.6 is 0 Å². The number of carbonyl (C=O) groups excluding carboxylic acids is 2.